The van der Waals surface area contributed by atoms with E-state index in [0.29, 0.717) is 25.8 Å². The summed E-state index contributed by atoms with van der Waals surface area (Å²) < 4.78 is 36.1. The molecule has 0 aliphatic heterocycles. The zero-order chi connectivity index (χ0) is 14.4. The number of hydrogen-bond acceptors (Lipinski definition) is 3. The number of hydrogen-bond donors (Lipinski definition) is 2. The third-order valence-corrected chi connectivity index (χ3v) is 2.94. The van der Waals surface area contributed by atoms with Crippen molar-refractivity contribution >= 4 is 5.97 Å². The summed E-state index contributed by atoms with van der Waals surface area (Å²) in [5.41, 5.74) is -1.01. The standard InChI is InChI=1S/C11H21F3N2O2/c1-10(15-2,9(17)18)6-4-5-7-16(3)8-11(12,13)14/h15H,4-8H2,1-3H3,(H,17,18). The van der Waals surface area contributed by atoms with Gasteiger partial charge >= 0.3 is 12.1 Å². The molecule has 1 unspecified atom stereocenters. The van der Waals surface area contributed by atoms with Gasteiger partial charge in [0.15, 0.2) is 0 Å². The van der Waals surface area contributed by atoms with Gasteiger partial charge in [-0.2, -0.15) is 13.2 Å². The molecule has 0 spiro atoms. The van der Waals surface area contributed by atoms with Gasteiger partial charge in [0, 0.05) is 0 Å². The molecule has 4 nitrogen and oxygen atoms in total. The lowest BCUT2D eigenvalue weighted by Gasteiger charge is -2.24. The SMILES string of the molecule is CNC(C)(CCCCN(C)CC(F)(F)F)C(=O)O. The molecule has 0 aliphatic carbocycles. The van der Waals surface area contributed by atoms with Crippen LogP contribution in [0.2, 0.25) is 0 Å². The minimum absolute atomic E-state index is 0.304. The van der Waals surface area contributed by atoms with Gasteiger partial charge in [0.05, 0.1) is 6.54 Å². The quantitative estimate of drug-likeness (QED) is 0.659. The predicted molar refractivity (Wildman–Crippen MR) is 62.5 cm³/mol. The number of nitrogens with zero attached hydrogens (tertiary/aromatic N) is 1. The number of halogens is 3. The summed E-state index contributed by atoms with van der Waals surface area (Å²) in [6.07, 6.45) is -2.70. The summed E-state index contributed by atoms with van der Waals surface area (Å²) in [5.74, 6) is -0.950. The lowest BCUT2D eigenvalue weighted by atomic mass is 9.95. The smallest absolute Gasteiger partial charge is 0.401 e. The van der Waals surface area contributed by atoms with Gasteiger partial charge in [-0.1, -0.05) is 0 Å². The summed E-state index contributed by atoms with van der Waals surface area (Å²) in [6.45, 7) is 0.933. The van der Waals surface area contributed by atoms with Crippen LogP contribution >= 0.6 is 0 Å². The average molecular weight is 270 g/mol. The molecule has 0 bridgehead atoms. The molecular weight excluding hydrogens is 249 g/mol. The van der Waals surface area contributed by atoms with E-state index in [1.54, 1.807) is 14.0 Å². The fourth-order valence-electron chi connectivity index (χ4n) is 1.58. The van der Waals surface area contributed by atoms with Crippen molar-refractivity contribution in [2.75, 3.05) is 27.2 Å². The molecule has 2 N–H and O–H groups in total. The van der Waals surface area contributed by atoms with E-state index in [2.05, 4.69) is 5.32 Å². The topological polar surface area (TPSA) is 52.6 Å². The lowest BCUT2D eigenvalue weighted by Crippen LogP contribution is -2.47. The van der Waals surface area contributed by atoms with Crippen molar-refractivity contribution in [2.24, 2.45) is 0 Å². The van der Waals surface area contributed by atoms with Gasteiger partial charge in [-0.25, -0.2) is 0 Å². The van der Waals surface area contributed by atoms with E-state index >= 15 is 0 Å². The Hall–Kier alpha value is -0.820. The molecule has 7 heteroatoms. The van der Waals surface area contributed by atoms with Crippen LogP contribution in [0.1, 0.15) is 26.2 Å². The largest absolute Gasteiger partial charge is 0.480 e. The van der Waals surface area contributed by atoms with Crippen molar-refractivity contribution < 1.29 is 23.1 Å². The fraction of sp³-hybridized carbons (Fsp3) is 0.909. The third-order valence-electron chi connectivity index (χ3n) is 2.94. The molecule has 1 atom stereocenters. The normalized spacial score (nSPS) is 15.7. The van der Waals surface area contributed by atoms with Crippen molar-refractivity contribution in [3.05, 3.63) is 0 Å². The van der Waals surface area contributed by atoms with Crippen LogP contribution in [-0.4, -0.2) is 54.9 Å². The third kappa shape index (κ3) is 6.80. The number of rotatable bonds is 8. The molecule has 0 heterocycles. The molecule has 18 heavy (non-hydrogen) atoms. The van der Waals surface area contributed by atoms with E-state index in [0.717, 1.165) is 0 Å². The van der Waals surface area contributed by atoms with Gasteiger partial charge in [0.25, 0.3) is 0 Å². The fourth-order valence-corrected chi connectivity index (χ4v) is 1.58. The molecule has 0 amide bonds. The molecule has 0 saturated carbocycles. The zero-order valence-electron chi connectivity index (χ0n) is 11.0. The van der Waals surface area contributed by atoms with Crippen LogP contribution < -0.4 is 5.32 Å². The molecule has 0 aromatic heterocycles. The van der Waals surface area contributed by atoms with Crippen LogP contribution in [0.15, 0.2) is 0 Å². The maximum atomic E-state index is 12.0. The number of alkyl halides is 3. The Bertz CT molecular complexity index is 272. The van der Waals surface area contributed by atoms with Crippen LogP contribution in [0, 0.1) is 0 Å². The summed E-state index contributed by atoms with van der Waals surface area (Å²) in [7, 11) is 2.96. The molecule has 0 aliphatic rings. The summed E-state index contributed by atoms with van der Waals surface area (Å²) in [4.78, 5) is 12.1. The minimum Gasteiger partial charge on any atom is -0.480 e. The highest BCUT2D eigenvalue weighted by Gasteiger charge is 2.31. The van der Waals surface area contributed by atoms with Gasteiger partial charge < -0.3 is 10.4 Å². The Morgan fingerprint density at radius 2 is 1.89 bits per heavy atom. The minimum atomic E-state index is -4.19. The highest BCUT2D eigenvalue weighted by Crippen LogP contribution is 2.17. The first-order chi connectivity index (χ1) is 8.10. The maximum absolute atomic E-state index is 12.0. The van der Waals surface area contributed by atoms with Crippen molar-refractivity contribution in [3.8, 4) is 0 Å². The first kappa shape index (κ1) is 17.2. The van der Waals surface area contributed by atoms with E-state index in [9.17, 15) is 18.0 Å². The van der Waals surface area contributed by atoms with Gasteiger partial charge in [-0.05, 0) is 46.8 Å². The van der Waals surface area contributed by atoms with E-state index in [1.165, 1.54) is 11.9 Å². The molecular formula is C11H21F3N2O2. The molecule has 0 aromatic carbocycles. The summed E-state index contributed by atoms with van der Waals surface area (Å²) in [6, 6.07) is 0. The van der Waals surface area contributed by atoms with E-state index < -0.39 is 24.2 Å². The highest BCUT2D eigenvalue weighted by molar-refractivity contribution is 5.78. The van der Waals surface area contributed by atoms with Gasteiger partial charge in [0.1, 0.15) is 5.54 Å². The second kappa shape index (κ2) is 6.94. The molecule has 0 radical (unpaired) electrons. The number of likely N-dealkylation sites (N-methyl/N-ethyl adjacent to an activating group) is 1. The lowest BCUT2D eigenvalue weighted by molar-refractivity contribution is -0.144. The van der Waals surface area contributed by atoms with Crippen LogP contribution in [0.4, 0.5) is 13.2 Å². The molecule has 0 aromatic rings. The Labute approximate surface area is 105 Å². The number of carbonyl (C=O) groups is 1. The monoisotopic (exact) mass is 270 g/mol. The van der Waals surface area contributed by atoms with Crippen LogP contribution in [0.3, 0.4) is 0 Å². The second-order valence-electron chi connectivity index (χ2n) is 4.70. The van der Waals surface area contributed by atoms with Gasteiger partial charge in [-0.3, -0.25) is 9.69 Å². The number of nitrogens with one attached hydrogen (secondary N) is 1. The van der Waals surface area contributed by atoms with E-state index in [4.69, 9.17) is 5.11 Å². The van der Waals surface area contributed by atoms with Crippen molar-refractivity contribution in [3.63, 3.8) is 0 Å². The van der Waals surface area contributed by atoms with Gasteiger partial charge in [0.2, 0.25) is 0 Å². The molecule has 108 valence electrons. The van der Waals surface area contributed by atoms with Crippen molar-refractivity contribution in [1.82, 2.24) is 10.2 Å². The number of carboxylic acid groups (broad SMARTS) is 1. The van der Waals surface area contributed by atoms with Gasteiger partial charge in [-0.15, -0.1) is 0 Å². The number of unbranched alkanes of at least 4 members (excludes halogenated alkanes) is 1. The van der Waals surface area contributed by atoms with E-state index in [1.807, 2.05) is 0 Å². The summed E-state index contributed by atoms with van der Waals surface area (Å²) in [5, 5.41) is 11.7. The van der Waals surface area contributed by atoms with Crippen LogP contribution in [-0.2, 0) is 4.79 Å². The number of carboxylic acids is 1. The number of aliphatic carboxylic acids is 1. The Morgan fingerprint density at radius 1 is 1.33 bits per heavy atom. The maximum Gasteiger partial charge on any atom is 0.401 e. The predicted octanol–water partition coefficient (Wildman–Crippen LogP) is 1.71. The second-order valence-corrected chi connectivity index (χ2v) is 4.70. The first-order valence-corrected chi connectivity index (χ1v) is 5.78. The Balaban J connectivity index is 3.89. The zero-order valence-corrected chi connectivity index (χ0v) is 11.0. The highest BCUT2D eigenvalue weighted by atomic mass is 19.4. The van der Waals surface area contributed by atoms with E-state index in [-0.39, 0.29) is 0 Å². The molecule has 0 saturated heterocycles. The van der Waals surface area contributed by atoms with Crippen molar-refractivity contribution in [2.45, 2.75) is 37.9 Å². The summed E-state index contributed by atoms with van der Waals surface area (Å²) >= 11 is 0. The molecule has 0 fully saturated rings. The first-order valence-electron chi connectivity index (χ1n) is 5.78. The average Bonchev–Trinajstić information content (AvgIpc) is 2.21. The Kier molecular flexibility index (Phi) is 6.62. The molecule has 0 rings (SSSR count). The van der Waals surface area contributed by atoms with Crippen LogP contribution in [0.5, 0.6) is 0 Å². The Morgan fingerprint density at radius 3 is 2.28 bits per heavy atom. The van der Waals surface area contributed by atoms with Crippen LogP contribution in [0.25, 0.3) is 0 Å². The van der Waals surface area contributed by atoms with Crippen molar-refractivity contribution in [1.29, 1.82) is 0 Å².